The van der Waals surface area contributed by atoms with Gasteiger partial charge in [-0.3, -0.25) is 0 Å². The number of nitrogens with one attached hydrogen (secondary N) is 2. The van der Waals surface area contributed by atoms with Crippen molar-refractivity contribution >= 4 is 11.7 Å². The first-order valence-electron chi connectivity index (χ1n) is 6.68. The lowest BCUT2D eigenvalue weighted by atomic mass is 10.1. The molecular formula is C16H17FN2O2. The summed E-state index contributed by atoms with van der Waals surface area (Å²) in [7, 11) is 0. The first kappa shape index (κ1) is 15.0. The summed E-state index contributed by atoms with van der Waals surface area (Å²) in [5.74, 6) is -0.341. The summed E-state index contributed by atoms with van der Waals surface area (Å²) < 4.78 is 12.8. The van der Waals surface area contributed by atoms with Crippen molar-refractivity contribution in [2.75, 3.05) is 11.9 Å². The van der Waals surface area contributed by atoms with Crippen molar-refractivity contribution in [2.45, 2.75) is 12.5 Å². The van der Waals surface area contributed by atoms with E-state index in [1.807, 2.05) is 18.2 Å². The van der Waals surface area contributed by atoms with Crippen LogP contribution in [0, 0.1) is 5.82 Å². The number of hydrogen-bond donors (Lipinski definition) is 3. The van der Waals surface area contributed by atoms with Gasteiger partial charge < -0.3 is 15.7 Å². The predicted octanol–water partition coefficient (Wildman–Crippen LogP) is 3.07. The van der Waals surface area contributed by atoms with Gasteiger partial charge in [-0.15, -0.1) is 0 Å². The highest BCUT2D eigenvalue weighted by atomic mass is 19.1. The summed E-state index contributed by atoms with van der Waals surface area (Å²) >= 11 is 0. The van der Waals surface area contributed by atoms with Gasteiger partial charge >= 0.3 is 6.03 Å². The molecule has 5 heteroatoms. The topological polar surface area (TPSA) is 61.4 Å². The Morgan fingerprint density at radius 2 is 1.76 bits per heavy atom. The number of hydrogen-bond acceptors (Lipinski definition) is 2. The molecule has 2 amide bonds. The maximum absolute atomic E-state index is 12.8. The summed E-state index contributed by atoms with van der Waals surface area (Å²) in [6.07, 6.45) is -0.379. The monoisotopic (exact) mass is 288 g/mol. The molecule has 4 nitrogen and oxygen atoms in total. The predicted molar refractivity (Wildman–Crippen MR) is 79.4 cm³/mol. The normalized spacial score (nSPS) is 11.7. The quantitative estimate of drug-likeness (QED) is 0.792. The zero-order valence-corrected chi connectivity index (χ0v) is 11.4. The van der Waals surface area contributed by atoms with Crippen LogP contribution in [0.4, 0.5) is 14.9 Å². The van der Waals surface area contributed by atoms with Crippen molar-refractivity contribution in [1.82, 2.24) is 5.32 Å². The van der Waals surface area contributed by atoms with Gasteiger partial charge in [-0.05, 0) is 36.2 Å². The number of rotatable bonds is 5. The van der Waals surface area contributed by atoms with Crippen LogP contribution in [0.3, 0.4) is 0 Å². The smallest absolute Gasteiger partial charge is 0.319 e. The molecule has 2 aromatic carbocycles. The number of aliphatic hydroxyl groups excluding tert-OH is 1. The summed E-state index contributed by atoms with van der Waals surface area (Å²) in [6, 6.07) is 14.4. The van der Waals surface area contributed by atoms with E-state index in [9.17, 15) is 14.3 Å². The van der Waals surface area contributed by atoms with Gasteiger partial charge in [-0.1, -0.05) is 30.3 Å². The summed E-state index contributed by atoms with van der Waals surface area (Å²) in [5, 5.41) is 15.3. The van der Waals surface area contributed by atoms with Crippen LogP contribution in [0.1, 0.15) is 18.1 Å². The third-order valence-corrected chi connectivity index (χ3v) is 2.99. The Morgan fingerprint density at radius 1 is 1.10 bits per heavy atom. The highest BCUT2D eigenvalue weighted by Crippen LogP contribution is 2.16. The zero-order valence-electron chi connectivity index (χ0n) is 11.4. The van der Waals surface area contributed by atoms with E-state index < -0.39 is 6.10 Å². The van der Waals surface area contributed by atoms with Crippen LogP contribution in [0.15, 0.2) is 54.6 Å². The van der Waals surface area contributed by atoms with E-state index in [2.05, 4.69) is 10.6 Å². The number of urea groups is 1. The number of carbonyl (C=O) groups is 1. The molecule has 0 heterocycles. The largest absolute Gasteiger partial charge is 0.388 e. The molecule has 0 radical (unpaired) electrons. The van der Waals surface area contributed by atoms with Crippen molar-refractivity contribution in [1.29, 1.82) is 0 Å². The van der Waals surface area contributed by atoms with Crippen LogP contribution in [0.5, 0.6) is 0 Å². The SMILES string of the molecule is O=C(NCCC(O)c1ccc(F)cc1)Nc1ccccc1. The van der Waals surface area contributed by atoms with Gasteiger partial charge in [0, 0.05) is 12.2 Å². The van der Waals surface area contributed by atoms with E-state index in [-0.39, 0.29) is 11.8 Å². The Bertz CT molecular complexity index is 573. The van der Waals surface area contributed by atoms with E-state index in [0.29, 0.717) is 24.2 Å². The fourth-order valence-corrected chi connectivity index (χ4v) is 1.87. The summed E-state index contributed by atoms with van der Waals surface area (Å²) in [6.45, 7) is 0.317. The Morgan fingerprint density at radius 3 is 2.43 bits per heavy atom. The average molecular weight is 288 g/mol. The van der Waals surface area contributed by atoms with Gasteiger partial charge in [-0.25, -0.2) is 9.18 Å². The Hall–Kier alpha value is -2.40. The molecule has 0 aliphatic rings. The number of carbonyl (C=O) groups excluding carboxylic acids is 1. The molecule has 1 atom stereocenters. The molecule has 0 aliphatic heterocycles. The number of aliphatic hydroxyl groups is 1. The van der Waals surface area contributed by atoms with E-state index in [0.717, 1.165) is 0 Å². The highest BCUT2D eigenvalue weighted by molar-refractivity contribution is 5.89. The molecule has 0 saturated carbocycles. The molecule has 2 aromatic rings. The Labute approximate surface area is 122 Å². The second kappa shape index (κ2) is 7.40. The van der Waals surface area contributed by atoms with E-state index in [1.54, 1.807) is 12.1 Å². The van der Waals surface area contributed by atoms with Gasteiger partial charge in [-0.2, -0.15) is 0 Å². The first-order valence-corrected chi connectivity index (χ1v) is 6.68. The maximum Gasteiger partial charge on any atom is 0.319 e. The van der Waals surface area contributed by atoms with Crippen molar-refractivity contribution in [3.8, 4) is 0 Å². The van der Waals surface area contributed by atoms with E-state index in [1.165, 1.54) is 24.3 Å². The number of para-hydroxylation sites is 1. The molecule has 0 saturated heterocycles. The first-order chi connectivity index (χ1) is 10.1. The minimum absolute atomic E-state index is 0.317. The van der Waals surface area contributed by atoms with E-state index in [4.69, 9.17) is 0 Å². The van der Waals surface area contributed by atoms with Crippen molar-refractivity contribution in [3.05, 3.63) is 66.0 Å². The lowest BCUT2D eigenvalue weighted by Gasteiger charge is -2.12. The molecule has 110 valence electrons. The number of amides is 2. The van der Waals surface area contributed by atoms with Crippen LogP contribution in [0.2, 0.25) is 0 Å². The number of anilines is 1. The standard InChI is InChI=1S/C16H17FN2O2/c17-13-8-6-12(7-9-13)15(20)10-11-18-16(21)19-14-4-2-1-3-5-14/h1-9,15,20H,10-11H2,(H2,18,19,21). The molecule has 21 heavy (non-hydrogen) atoms. The second-order valence-electron chi connectivity index (χ2n) is 4.60. The van der Waals surface area contributed by atoms with Gasteiger partial charge in [0.2, 0.25) is 0 Å². The molecule has 2 rings (SSSR count). The maximum atomic E-state index is 12.8. The fraction of sp³-hybridized carbons (Fsp3) is 0.188. The van der Waals surface area contributed by atoms with Crippen LogP contribution in [0.25, 0.3) is 0 Å². The van der Waals surface area contributed by atoms with Gasteiger partial charge in [0.15, 0.2) is 0 Å². The average Bonchev–Trinajstić information content (AvgIpc) is 2.49. The molecule has 0 bridgehead atoms. The molecule has 3 N–H and O–H groups in total. The van der Waals surface area contributed by atoms with Crippen LogP contribution >= 0.6 is 0 Å². The lowest BCUT2D eigenvalue weighted by Crippen LogP contribution is -2.30. The van der Waals surface area contributed by atoms with E-state index >= 15 is 0 Å². The number of benzene rings is 2. The molecule has 0 aliphatic carbocycles. The molecule has 1 unspecified atom stereocenters. The van der Waals surface area contributed by atoms with Crippen LogP contribution in [-0.2, 0) is 0 Å². The lowest BCUT2D eigenvalue weighted by molar-refractivity contribution is 0.167. The van der Waals surface area contributed by atoms with Crippen molar-refractivity contribution in [3.63, 3.8) is 0 Å². The number of halogens is 1. The van der Waals surface area contributed by atoms with Crippen LogP contribution < -0.4 is 10.6 Å². The van der Waals surface area contributed by atoms with Gasteiger partial charge in [0.05, 0.1) is 6.10 Å². The van der Waals surface area contributed by atoms with Gasteiger partial charge in [0.1, 0.15) is 5.82 Å². The summed E-state index contributed by atoms with van der Waals surface area (Å²) in [4.78, 5) is 11.6. The fourth-order valence-electron chi connectivity index (χ4n) is 1.87. The second-order valence-corrected chi connectivity index (χ2v) is 4.60. The Balaban J connectivity index is 1.73. The molecule has 0 spiro atoms. The third kappa shape index (κ3) is 4.89. The Kier molecular flexibility index (Phi) is 5.29. The van der Waals surface area contributed by atoms with Crippen LogP contribution in [-0.4, -0.2) is 17.7 Å². The molecular weight excluding hydrogens is 271 g/mol. The molecule has 0 fully saturated rings. The zero-order chi connectivity index (χ0) is 15.1. The highest BCUT2D eigenvalue weighted by Gasteiger charge is 2.08. The van der Waals surface area contributed by atoms with Crippen molar-refractivity contribution < 1.29 is 14.3 Å². The third-order valence-electron chi connectivity index (χ3n) is 2.99. The van der Waals surface area contributed by atoms with Crippen molar-refractivity contribution in [2.24, 2.45) is 0 Å². The summed E-state index contributed by atoms with van der Waals surface area (Å²) in [5.41, 5.74) is 1.33. The van der Waals surface area contributed by atoms with Gasteiger partial charge in [0.25, 0.3) is 0 Å². The minimum Gasteiger partial charge on any atom is -0.388 e. The molecule has 0 aromatic heterocycles. The minimum atomic E-state index is -0.734.